The number of carbonyl (C=O) groups is 2. The molecule has 8 heteroatoms. The third-order valence-corrected chi connectivity index (χ3v) is 12.5. The number of aliphatic hydroxyl groups excluding tert-OH is 1. The molecule has 12 unspecified atom stereocenters. The van der Waals surface area contributed by atoms with Gasteiger partial charge in [0.15, 0.2) is 12.1 Å². The minimum Gasteiger partial charge on any atom is -0.456 e. The molecule has 0 aromatic rings. The minimum absolute atomic E-state index is 0.0792. The zero-order valence-corrected chi connectivity index (χ0v) is 23.1. The number of alkyl halides is 1. The first-order chi connectivity index (χ1) is 17.4. The lowest BCUT2D eigenvalue weighted by atomic mass is 9.42. The highest BCUT2D eigenvalue weighted by molar-refractivity contribution is 6.22. The van der Waals surface area contributed by atoms with Crippen molar-refractivity contribution >= 4 is 23.4 Å². The summed E-state index contributed by atoms with van der Waals surface area (Å²) in [5, 5.41) is 21.9. The van der Waals surface area contributed by atoms with Crippen LogP contribution in [0.2, 0.25) is 0 Å². The highest BCUT2D eigenvalue weighted by Gasteiger charge is 2.76. The van der Waals surface area contributed by atoms with Crippen LogP contribution in [0.5, 0.6) is 0 Å². The number of methoxy groups -OCH3 is 1. The molecule has 1 spiro atoms. The molecule has 0 aromatic heterocycles. The molecule has 4 fully saturated rings. The van der Waals surface area contributed by atoms with E-state index >= 15 is 0 Å². The number of cyclic esters (lactones) is 1. The maximum absolute atomic E-state index is 13.4. The van der Waals surface area contributed by atoms with E-state index in [1.54, 1.807) is 14.0 Å². The summed E-state index contributed by atoms with van der Waals surface area (Å²) in [5.41, 5.74) is -2.16. The van der Waals surface area contributed by atoms with E-state index in [9.17, 15) is 19.8 Å². The van der Waals surface area contributed by atoms with Crippen molar-refractivity contribution in [3.63, 3.8) is 0 Å². The Morgan fingerprint density at radius 1 is 1.14 bits per heavy atom. The van der Waals surface area contributed by atoms with Gasteiger partial charge in [-0.15, -0.1) is 11.6 Å². The molecule has 1 saturated heterocycles. The first kappa shape index (κ1) is 26.0. The molecule has 12 atom stereocenters. The second kappa shape index (κ2) is 8.14. The van der Waals surface area contributed by atoms with Gasteiger partial charge in [0.1, 0.15) is 23.4 Å². The van der Waals surface area contributed by atoms with Crippen LogP contribution in [0.3, 0.4) is 0 Å². The van der Waals surface area contributed by atoms with Crippen molar-refractivity contribution in [1.82, 2.24) is 0 Å². The van der Waals surface area contributed by atoms with E-state index in [4.69, 9.17) is 25.8 Å². The Labute approximate surface area is 223 Å². The van der Waals surface area contributed by atoms with E-state index < -0.39 is 40.5 Å². The molecule has 2 heterocycles. The van der Waals surface area contributed by atoms with Crippen molar-refractivity contribution in [3.05, 3.63) is 23.3 Å². The van der Waals surface area contributed by atoms with E-state index in [2.05, 4.69) is 6.92 Å². The largest absolute Gasteiger partial charge is 0.456 e. The van der Waals surface area contributed by atoms with Gasteiger partial charge >= 0.3 is 5.97 Å². The average Bonchev–Trinajstić information content (AvgIpc) is 3.37. The summed E-state index contributed by atoms with van der Waals surface area (Å²) in [6.45, 7) is 7.68. The van der Waals surface area contributed by atoms with Gasteiger partial charge in [0.05, 0.1) is 10.8 Å². The lowest BCUT2D eigenvalue weighted by Gasteiger charge is -2.63. The molecule has 6 aliphatic rings. The molecule has 37 heavy (non-hydrogen) atoms. The number of esters is 1. The van der Waals surface area contributed by atoms with E-state index in [-0.39, 0.29) is 40.8 Å². The van der Waals surface area contributed by atoms with Crippen molar-refractivity contribution in [2.45, 2.75) is 101 Å². The maximum atomic E-state index is 13.4. The summed E-state index contributed by atoms with van der Waals surface area (Å²) in [7, 11) is 1.68. The van der Waals surface area contributed by atoms with E-state index in [0.29, 0.717) is 24.8 Å². The first-order valence-electron chi connectivity index (χ1n) is 13.7. The number of hydrogen-bond donors (Lipinski definition) is 2. The molecule has 0 radical (unpaired) electrons. The molecule has 0 amide bonds. The fourth-order valence-electron chi connectivity index (χ4n) is 9.92. The van der Waals surface area contributed by atoms with Crippen molar-refractivity contribution in [2.24, 2.45) is 34.5 Å². The summed E-state index contributed by atoms with van der Waals surface area (Å²) in [6, 6.07) is 0. The minimum atomic E-state index is -1.70. The van der Waals surface area contributed by atoms with Crippen LogP contribution in [0, 0.1) is 34.5 Å². The Morgan fingerprint density at radius 3 is 2.54 bits per heavy atom. The average molecular weight is 535 g/mol. The fraction of sp³-hybridized carbons (Fsp3) is 0.793. The van der Waals surface area contributed by atoms with Crippen LogP contribution in [0.15, 0.2) is 23.3 Å². The Balaban J connectivity index is 1.39. The van der Waals surface area contributed by atoms with Gasteiger partial charge in [-0.25, -0.2) is 4.79 Å². The smallest absolute Gasteiger partial charge is 0.334 e. The Morgan fingerprint density at radius 2 is 1.86 bits per heavy atom. The number of carbonyl (C=O) groups excluding carboxylic acids is 2. The molecular formula is C29H39ClO7. The van der Waals surface area contributed by atoms with Gasteiger partial charge < -0.3 is 24.4 Å². The summed E-state index contributed by atoms with van der Waals surface area (Å²) in [4.78, 5) is 26.1. The predicted octanol–water partition coefficient (Wildman–Crippen LogP) is 3.69. The van der Waals surface area contributed by atoms with E-state index in [1.807, 2.05) is 13.8 Å². The second-order valence-corrected chi connectivity index (χ2v) is 13.5. The van der Waals surface area contributed by atoms with Gasteiger partial charge in [-0.05, 0) is 89.7 Å². The molecular weight excluding hydrogens is 496 g/mol. The lowest BCUT2D eigenvalue weighted by molar-refractivity contribution is -0.242. The normalized spacial score (nSPS) is 54.9. The topological polar surface area (TPSA) is 102 Å². The lowest BCUT2D eigenvalue weighted by Crippen LogP contribution is -2.72. The van der Waals surface area contributed by atoms with E-state index in [0.717, 1.165) is 24.8 Å². The molecule has 3 saturated carbocycles. The van der Waals surface area contributed by atoms with Gasteiger partial charge in [-0.3, -0.25) is 4.79 Å². The number of aliphatic hydroxyl groups is 2. The maximum Gasteiger partial charge on any atom is 0.334 e. The molecule has 6 rings (SSSR count). The summed E-state index contributed by atoms with van der Waals surface area (Å²) in [6.07, 6.45) is 5.25. The van der Waals surface area contributed by atoms with Gasteiger partial charge in [-0.1, -0.05) is 5.57 Å². The molecule has 4 aliphatic carbocycles. The molecule has 2 N–H and O–H groups in total. The third-order valence-electron chi connectivity index (χ3n) is 12.0. The molecule has 7 nitrogen and oxygen atoms in total. The van der Waals surface area contributed by atoms with Crippen molar-refractivity contribution < 1.29 is 34.0 Å². The number of ketones is 1. The van der Waals surface area contributed by atoms with Crippen molar-refractivity contribution in [3.8, 4) is 0 Å². The number of rotatable bonds is 2. The van der Waals surface area contributed by atoms with Crippen LogP contribution in [0.4, 0.5) is 0 Å². The van der Waals surface area contributed by atoms with Crippen LogP contribution in [-0.2, 0) is 23.8 Å². The molecule has 204 valence electrons. The Kier molecular flexibility index (Phi) is 5.72. The highest BCUT2D eigenvalue weighted by Crippen LogP contribution is 2.73. The third kappa shape index (κ3) is 2.93. The zero-order valence-electron chi connectivity index (χ0n) is 22.3. The van der Waals surface area contributed by atoms with Crippen LogP contribution in [0.25, 0.3) is 0 Å². The summed E-state index contributed by atoms with van der Waals surface area (Å²) < 4.78 is 18.8. The quantitative estimate of drug-likeness (QED) is 0.411. The van der Waals surface area contributed by atoms with Gasteiger partial charge in [0.2, 0.25) is 0 Å². The fourth-order valence-corrected chi connectivity index (χ4v) is 10.5. The van der Waals surface area contributed by atoms with Gasteiger partial charge in [0.25, 0.3) is 0 Å². The van der Waals surface area contributed by atoms with Gasteiger partial charge in [0, 0.05) is 30.4 Å². The van der Waals surface area contributed by atoms with Gasteiger partial charge in [-0.2, -0.15) is 0 Å². The number of hydrogen-bond acceptors (Lipinski definition) is 7. The first-order valence-corrected chi connectivity index (χ1v) is 14.2. The highest BCUT2D eigenvalue weighted by atomic mass is 35.5. The van der Waals surface area contributed by atoms with Crippen LogP contribution >= 0.6 is 11.6 Å². The van der Waals surface area contributed by atoms with Crippen molar-refractivity contribution in [2.75, 3.05) is 7.11 Å². The molecule has 2 aliphatic heterocycles. The monoisotopic (exact) mass is 534 g/mol. The van der Waals surface area contributed by atoms with Crippen LogP contribution < -0.4 is 0 Å². The summed E-state index contributed by atoms with van der Waals surface area (Å²) in [5.74, 6) is -0.171. The number of halogens is 1. The SMILES string of the molecule is COC1OC(C)(C2CC(C)=C(C)C(=O)O2)C2CCC3C4CC(Cl)C5(O)C(O)C=CC(=O)C5(C)C4CCC132. The zero-order chi connectivity index (χ0) is 26.7. The number of fused-ring (bicyclic) bond motifs is 4. The van der Waals surface area contributed by atoms with Crippen molar-refractivity contribution in [1.29, 1.82) is 0 Å². The molecule has 0 aromatic carbocycles. The predicted molar refractivity (Wildman–Crippen MR) is 135 cm³/mol. The molecule has 0 bridgehead atoms. The Bertz CT molecular complexity index is 1100. The Hall–Kier alpha value is -1.25. The standard InChI is InChI=1S/C29H39ClO7/c1-14-12-23(36-24(33)15(14)2)27(4)19-7-6-18-16-13-20(30)29(34)22(32)9-8-21(31)26(29,3)17(16)10-11-28(18,19)25(35-5)37-27/h8-9,16-20,22-23,25,32,34H,6-7,10-13H2,1-5H3. The number of allylic oxidation sites excluding steroid dienone is 1. The van der Waals surface area contributed by atoms with Crippen LogP contribution in [-0.4, -0.2) is 64.2 Å². The van der Waals surface area contributed by atoms with E-state index in [1.165, 1.54) is 12.2 Å². The van der Waals surface area contributed by atoms with Crippen LogP contribution in [0.1, 0.15) is 66.2 Å². The second-order valence-electron chi connectivity index (χ2n) is 12.9. The summed E-state index contributed by atoms with van der Waals surface area (Å²) >= 11 is 6.90. The number of ether oxygens (including phenoxy) is 3.